The highest BCUT2D eigenvalue weighted by Gasteiger charge is 2.56. The molecule has 8 rings (SSSR count). The van der Waals surface area contributed by atoms with Crippen LogP contribution < -0.4 is 0 Å². The van der Waals surface area contributed by atoms with E-state index in [-0.39, 0.29) is 0 Å². The lowest BCUT2D eigenvalue weighted by atomic mass is 10.1. The third kappa shape index (κ3) is 6.87. The van der Waals surface area contributed by atoms with E-state index in [2.05, 4.69) is 42.8 Å². The van der Waals surface area contributed by atoms with Crippen molar-refractivity contribution in [1.29, 1.82) is 0 Å². The fraction of sp³-hybridized carbons (Fsp3) is 0.417. The third-order valence-electron chi connectivity index (χ3n) is 8.22. The van der Waals surface area contributed by atoms with E-state index < -0.39 is 95.3 Å². The molecule has 2 fully saturated rings. The quantitative estimate of drug-likeness (QED) is 0.112. The first-order valence-electron chi connectivity index (χ1n) is 15.1. The second kappa shape index (κ2) is 14.8. The predicted molar refractivity (Wildman–Crippen MR) is 170 cm³/mol. The Labute approximate surface area is 296 Å². The van der Waals surface area contributed by atoms with Gasteiger partial charge in [0.05, 0.1) is 12.7 Å². The molecule has 0 spiro atoms. The summed E-state index contributed by atoms with van der Waals surface area (Å²) in [5.41, 5.74) is 2.43. The van der Waals surface area contributed by atoms with Gasteiger partial charge in [0.25, 0.3) is 0 Å². The average molecular weight is 816 g/mol. The first-order valence-corrected chi connectivity index (χ1v) is 19.5. The molecule has 0 amide bonds. The monoisotopic (exact) mass is 816 g/mol. The van der Waals surface area contributed by atoms with Crippen LogP contribution in [0.3, 0.4) is 0 Å². The molecule has 8 heterocycles. The molecule has 6 aromatic rings. The third-order valence-corrected chi connectivity index (χ3v) is 12.1. The predicted octanol–water partition coefficient (Wildman–Crippen LogP) is 1.12. The molecule has 6 aromatic heterocycles. The van der Waals surface area contributed by atoms with Gasteiger partial charge in [0.1, 0.15) is 62.5 Å². The van der Waals surface area contributed by atoms with Crippen LogP contribution in [0.4, 0.5) is 0 Å². The zero-order valence-electron chi connectivity index (χ0n) is 26.2. The van der Waals surface area contributed by atoms with Gasteiger partial charge in [-0.1, -0.05) is 0 Å². The van der Waals surface area contributed by atoms with E-state index in [1.165, 1.54) is 34.4 Å². The molecule has 0 radical (unpaired) electrons. The highest BCUT2D eigenvalue weighted by molar-refractivity contribution is 7.56. The van der Waals surface area contributed by atoms with Gasteiger partial charge < -0.3 is 29.9 Å². The van der Waals surface area contributed by atoms with Gasteiger partial charge in [-0.05, 0) is 0 Å². The number of aliphatic hydroxyl groups is 4. The number of aromatic nitrogens is 10. The molecular weight excluding hydrogens is 792 g/mol. The fourth-order valence-corrected chi connectivity index (χ4v) is 8.76. The van der Waals surface area contributed by atoms with Crippen molar-refractivity contribution in [1.82, 2.24) is 47.8 Å². The number of rotatable bonds is 14. The number of fused-ring (bicyclic) bond motifs is 6. The molecule has 276 valence electrons. The summed E-state index contributed by atoms with van der Waals surface area (Å²) in [6, 6.07) is 0. The van der Waals surface area contributed by atoms with E-state index in [1.54, 1.807) is 33.6 Å². The highest BCUT2D eigenvalue weighted by Crippen LogP contribution is 2.51. The highest BCUT2D eigenvalue weighted by atomic mass is 31.2. The minimum Gasteiger partial charge on any atom is -0.387 e. The maximum atomic E-state index is 12.2. The Morgan fingerprint density at radius 2 is 0.962 bits per heavy atom. The van der Waals surface area contributed by atoms with Crippen LogP contribution in [0.5, 0.6) is 0 Å². The maximum absolute atomic E-state index is 12.2. The Kier molecular flexibility index (Phi) is 10.1. The van der Waals surface area contributed by atoms with Gasteiger partial charge in [0.15, 0.2) is 59.0 Å². The van der Waals surface area contributed by atoms with Crippen LogP contribution in [0.15, 0.2) is 50.1 Å². The molecule has 4 unspecified atom stereocenters. The Morgan fingerprint density at radius 3 is 1.40 bits per heavy atom. The van der Waals surface area contributed by atoms with Crippen molar-refractivity contribution in [3.63, 3.8) is 0 Å². The van der Waals surface area contributed by atoms with Crippen molar-refractivity contribution in [2.24, 2.45) is 0 Å². The molecule has 29 heteroatoms. The average Bonchev–Trinajstić information content (AvgIpc) is 3.98. The van der Waals surface area contributed by atoms with Gasteiger partial charge >= 0.3 is 33.0 Å². The number of imidazole rings is 4. The van der Waals surface area contributed by atoms with Crippen LogP contribution in [-0.2, 0) is 49.7 Å². The van der Waals surface area contributed by atoms with Gasteiger partial charge in [0.2, 0.25) is 0 Å². The van der Waals surface area contributed by atoms with Crippen LogP contribution in [0.2, 0.25) is 0 Å². The van der Waals surface area contributed by atoms with E-state index >= 15 is 0 Å². The maximum Gasteiger partial charge on any atom is 0.798 e. The topological polar surface area (TPSA) is 310 Å². The number of nitrogens with zero attached hydrogens (tertiary/aromatic N) is 10. The summed E-state index contributed by atoms with van der Waals surface area (Å²) >= 11 is 0. The number of hydrogen-bond donors (Lipinski definition) is 4. The zero-order valence-corrected chi connectivity index (χ0v) is 29.8. The first kappa shape index (κ1) is 36.1. The molecule has 2 aliphatic heterocycles. The Bertz CT molecular complexity index is 2230. The van der Waals surface area contributed by atoms with Crippen LogP contribution >= 0.6 is 33.0 Å². The summed E-state index contributed by atoms with van der Waals surface area (Å²) in [6.45, 7) is -1.24. The summed E-state index contributed by atoms with van der Waals surface area (Å²) < 4.78 is 89.5. The zero-order chi connectivity index (χ0) is 37.0. The van der Waals surface area contributed by atoms with E-state index in [1.807, 2.05) is 0 Å². The molecule has 0 bridgehead atoms. The largest absolute Gasteiger partial charge is 0.798 e. The molecule has 2 aliphatic rings. The molecule has 25 nitrogen and oxygen atoms in total. The lowest BCUT2D eigenvalue weighted by Crippen LogP contribution is -2.33. The van der Waals surface area contributed by atoms with Crippen LogP contribution in [0.25, 0.3) is 33.6 Å². The standard InChI is InChI=1S/C24H24N10O15P4/c35-15-11(45-23(17(15)37)33-9-27-13-19-25-1-3-31(19)7-29-21(13)33)5-43-50(39)47-52(41)49-53(42)48-51(40)44-6-12-16(36)18(38)24(46-12)34-10-28-14-20-26-2-4-32(20)8-30-22(14)34/h1-4,7-12,15-18,23-24,35-38H,5-6H2/q+4/t11-,12+,15-,16+,17-,18+,23-,24+. The van der Waals surface area contributed by atoms with Crippen molar-refractivity contribution in [2.75, 3.05) is 13.2 Å². The van der Waals surface area contributed by atoms with Crippen LogP contribution in [0, 0.1) is 0 Å². The lowest BCUT2D eigenvalue weighted by molar-refractivity contribution is -0.0475. The summed E-state index contributed by atoms with van der Waals surface area (Å²) in [5.74, 6) is 0. The van der Waals surface area contributed by atoms with Gasteiger partial charge in [0, 0.05) is 43.0 Å². The Balaban J connectivity index is 0.779. The minimum atomic E-state index is -3.43. The Hall–Kier alpha value is -3.86. The van der Waals surface area contributed by atoms with Crippen molar-refractivity contribution >= 4 is 66.6 Å². The second-order valence-electron chi connectivity index (χ2n) is 11.3. The molecule has 2 saturated heterocycles. The van der Waals surface area contributed by atoms with Crippen molar-refractivity contribution in [3.05, 3.63) is 50.1 Å². The fourth-order valence-electron chi connectivity index (χ4n) is 5.77. The van der Waals surface area contributed by atoms with Crippen LogP contribution in [-0.4, -0.2) is 118 Å². The molecule has 53 heavy (non-hydrogen) atoms. The summed E-state index contributed by atoms with van der Waals surface area (Å²) in [5, 5.41) is 42.3. The number of ether oxygens (including phenoxy) is 2. The van der Waals surface area contributed by atoms with Gasteiger partial charge in [-0.2, -0.15) is 0 Å². The molecule has 0 aliphatic carbocycles. The van der Waals surface area contributed by atoms with Crippen molar-refractivity contribution < 1.29 is 70.1 Å². The first-order chi connectivity index (χ1) is 25.6. The number of hydrogen-bond acceptors (Lipinski definition) is 21. The van der Waals surface area contributed by atoms with Crippen molar-refractivity contribution in [3.8, 4) is 0 Å². The molecule has 0 saturated carbocycles. The van der Waals surface area contributed by atoms with E-state index in [4.69, 9.17) is 18.5 Å². The second-order valence-corrected chi connectivity index (χ2v) is 15.5. The SMILES string of the molecule is O=[P+](OC[C@@H]1O[C@H](n2cnc3c2ncn2ccnc32)[C@@H](O)[C@H]1O)O[P+](=O)O[P+](=O)O[P+](=O)OC[C@H]1O[C@@H](n2cnc3c2ncn2ccnc32)[C@H](O)[C@@H]1O. The minimum absolute atomic E-state index is 0.305. The van der Waals surface area contributed by atoms with Gasteiger partial charge in [-0.25, -0.2) is 29.9 Å². The molecule has 0 aromatic carbocycles. The lowest BCUT2D eigenvalue weighted by Gasteiger charge is -2.16. The smallest absolute Gasteiger partial charge is 0.387 e. The van der Waals surface area contributed by atoms with Gasteiger partial charge in [-0.3, -0.25) is 17.9 Å². The Morgan fingerprint density at radius 1 is 0.547 bits per heavy atom. The van der Waals surface area contributed by atoms with E-state index in [0.717, 1.165) is 0 Å². The van der Waals surface area contributed by atoms with Crippen LogP contribution in [0.1, 0.15) is 12.5 Å². The van der Waals surface area contributed by atoms with E-state index in [0.29, 0.717) is 33.6 Å². The molecule has 4 N–H and O–H groups in total. The molecular formula is C24H24N10O15P4+4. The summed E-state index contributed by atoms with van der Waals surface area (Å²) in [4.78, 5) is 25.5. The normalized spacial score (nSPS) is 27.4. The number of aliphatic hydroxyl groups excluding tert-OH is 4. The van der Waals surface area contributed by atoms with E-state index in [9.17, 15) is 38.7 Å². The van der Waals surface area contributed by atoms with Crippen molar-refractivity contribution in [2.45, 2.75) is 49.1 Å². The van der Waals surface area contributed by atoms with Gasteiger partial charge in [-0.15, -0.1) is 9.05 Å². The molecule has 12 atom stereocenters. The summed E-state index contributed by atoms with van der Waals surface area (Å²) in [6.07, 6.45) is 1.27. The summed E-state index contributed by atoms with van der Waals surface area (Å²) in [7, 11) is -13.3.